The summed E-state index contributed by atoms with van der Waals surface area (Å²) in [5.41, 5.74) is 9.88. The molecule has 2 aliphatic rings. The molecule has 0 atom stereocenters. The summed E-state index contributed by atoms with van der Waals surface area (Å²) < 4.78 is 0. The number of aromatic nitrogens is 1. The van der Waals surface area contributed by atoms with Crippen molar-refractivity contribution in [2.45, 2.75) is 32.6 Å². The lowest BCUT2D eigenvalue weighted by Crippen LogP contribution is -2.24. The molecule has 4 rings (SSSR count). The number of rotatable bonds is 0. The van der Waals surface area contributed by atoms with Crippen LogP contribution in [0.4, 0.5) is 0 Å². The fraction of sp³-hybridized carbons (Fsp3) is 0.350. The summed E-state index contributed by atoms with van der Waals surface area (Å²) in [5, 5.41) is 3.47. The minimum absolute atomic E-state index is 1.09. The van der Waals surface area contributed by atoms with E-state index in [1.807, 2.05) is 6.20 Å². The molecule has 0 saturated carbocycles. The van der Waals surface area contributed by atoms with Crippen LogP contribution < -0.4 is 5.32 Å². The standard InChI is InChI=1S/C20H22N2/c1-14-4-7-18-17(13-14)6-5-16-3-2-10-22-20(16)19(18)15-8-11-21-12-9-15/h2-4,7,10,13,21H,5-6,8-9,11-12H2,1H3. The van der Waals surface area contributed by atoms with Crippen molar-refractivity contribution in [3.63, 3.8) is 0 Å². The molecular formula is C20H22N2. The van der Waals surface area contributed by atoms with Crippen LogP contribution >= 0.6 is 0 Å². The lowest BCUT2D eigenvalue weighted by molar-refractivity contribution is 0.611. The first-order valence-corrected chi connectivity index (χ1v) is 8.30. The first-order valence-electron chi connectivity index (χ1n) is 8.30. The molecule has 0 unspecified atom stereocenters. The second kappa shape index (κ2) is 5.69. The number of piperidine rings is 1. The van der Waals surface area contributed by atoms with Crippen molar-refractivity contribution in [3.05, 3.63) is 70.0 Å². The zero-order valence-electron chi connectivity index (χ0n) is 13.2. The summed E-state index contributed by atoms with van der Waals surface area (Å²) in [4.78, 5) is 4.78. The van der Waals surface area contributed by atoms with E-state index in [2.05, 4.69) is 42.6 Å². The number of fused-ring (bicyclic) bond motifs is 2. The molecule has 0 spiro atoms. The van der Waals surface area contributed by atoms with Gasteiger partial charge in [0, 0.05) is 11.8 Å². The van der Waals surface area contributed by atoms with Gasteiger partial charge in [-0.25, -0.2) is 0 Å². The lowest BCUT2D eigenvalue weighted by Gasteiger charge is -2.21. The minimum atomic E-state index is 1.09. The molecule has 1 saturated heterocycles. The summed E-state index contributed by atoms with van der Waals surface area (Å²) in [6.45, 7) is 4.36. The van der Waals surface area contributed by atoms with Gasteiger partial charge in [-0.05, 0) is 68.5 Å². The Labute approximate surface area is 132 Å². The van der Waals surface area contributed by atoms with Gasteiger partial charge in [0.2, 0.25) is 0 Å². The SMILES string of the molecule is Cc1ccc2c(c1)CCc1cccnc1C2=C1CCNCC1. The third kappa shape index (κ3) is 2.38. The molecule has 1 aliphatic carbocycles. The largest absolute Gasteiger partial charge is 0.316 e. The van der Waals surface area contributed by atoms with Crippen LogP contribution in [0.1, 0.15) is 40.8 Å². The molecule has 1 fully saturated rings. The van der Waals surface area contributed by atoms with Crippen LogP contribution in [0.5, 0.6) is 0 Å². The van der Waals surface area contributed by atoms with E-state index in [0.717, 1.165) is 38.8 Å². The summed E-state index contributed by atoms with van der Waals surface area (Å²) in [7, 11) is 0. The van der Waals surface area contributed by atoms with Gasteiger partial charge in [-0.1, -0.05) is 35.4 Å². The van der Waals surface area contributed by atoms with Crippen LogP contribution in [0.2, 0.25) is 0 Å². The molecule has 1 aliphatic heterocycles. The predicted molar refractivity (Wildman–Crippen MR) is 90.9 cm³/mol. The summed E-state index contributed by atoms with van der Waals surface area (Å²) in [5.74, 6) is 0. The van der Waals surface area contributed by atoms with Crippen LogP contribution in [0.25, 0.3) is 5.57 Å². The number of aryl methyl sites for hydroxylation is 3. The highest BCUT2D eigenvalue weighted by atomic mass is 14.9. The maximum Gasteiger partial charge on any atom is 0.0739 e. The number of pyridine rings is 1. The maximum atomic E-state index is 4.78. The first kappa shape index (κ1) is 13.7. The Morgan fingerprint density at radius 1 is 0.955 bits per heavy atom. The van der Waals surface area contributed by atoms with Crippen molar-refractivity contribution >= 4 is 5.57 Å². The number of nitrogens with one attached hydrogen (secondary N) is 1. The van der Waals surface area contributed by atoms with Crippen LogP contribution in [-0.4, -0.2) is 18.1 Å². The molecule has 2 heterocycles. The average molecular weight is 290 g/mol. The molecule has 2 nitrogen and oxygen atoms in total. The van der Waals surface area contributed by atoms with Crippen LogP contribution in [-0.2, 0) is 12.8 Å². The molecule has 1 aromatic carbocycles. The Morgan fingerprint density at radius 2 is 1.77 bits per heavy atom. The number of hydrogen-bond donors (Lipinski definition) is 1. The Balaban J connectivity index is 1.98. The fourth-order valence-corrected chi connectivity index (χ4v) is 3.77. The highest BCUT2D eigenvalue weighted by molar-refractivity contribution is 5.84. The summed E-state index contributed by atoms with van der Waals surface area (Å²) in [6, 6.07) is 11.3. The molecule has 2 aromatic rings. The zero-order chi connectivity index (χ0) is 14.9. The van der Waals surface area contributed by atoms with Crippen molar-refractivity contribution in [1.82, 2.24) is 10.3 Å². The van der Waals surface area contributed by atoms with E-state index in [4.69, 9.17) is 4.98 Å². The molecule has 2 heteroatoms. The van der Waals surface area contributed by atoms with Crippen molar-refractivity contribution in [2.75, 3.05) is 13.1 Å². The first-order chi connectivity index (χ1) is 10.8. The molecule has 0 amide bonds. The number of benzene rings is 1. The minimum Gasteiger partial charge on any atom is -0.316 e. The number of nitrogens with zero attached hydrogens (tertiary/aromatic N) is 1. The third-order valence-corrected chi connectivity index (χ3v) is 4.88. The Morgan fingerprint density at radius 3 is 2.64 bits per heavy atom. The van der Waals surface area contributed by atoms with Crippen LogP contribution in [0, 0.1) is 6.92 Å². The van der Waals surface area contributed by atoms with Gasteiger partial charge < -0.3 is 5.32 Å². The van der Waals surface area contributed by atoms with Crippen LogP contribution in [0.3, 0.4) is 0 Å². The topological polar surface area (TPSA) is 24.9 Å². The molecule has 0 bridgehead atoms. The summed E-state index contributed by atoms with van der Waals surface area (Å²) >= 11 is 0. The molecular weight excluding hydrogens is 268 g/mol. The van der Waals surface area contributed by atoms with Gasteiger partial charge in [-0.2, -0.15) is 0 Å². The van der Waals surface area contributed by atoms with Gasteiger partial charge in [-0.3, -0.25) is 4.98 Å². The van der Waals surface area contributed by atoms with Gasteiger partial charge >= 0.3 is 0 Å². The number of hydrogen-bond acceptors (Lipinski definition) is 2. The fourth-order valence-electron chi connectivity index (χ4n) is 3.77. The van der Waals surface area contributed by atoms with E-state index in [0.29, 0.717) is 0 Å². The summed E-state index contributed by atoms with van der Waals surface area (Å²) in [6.07, 6.45) is 6.43. The average Bonchev–Trinajstić information content (AvgIpc) is 2.72. The van der Waals surface area contributed by atoms with Gasteiger partial charge in [0.1, 0.15) is 0 Å². The van der Waals surface area contributed by atoms with E-state index in [1.165, 1.54) is 33.5 Å². The Hall–Kier alpha value is -1.93. The molecule has 112 valence electrons. The van der Waals surface area contributed by atoms with E-state index >= 15 is 0 Å². The van der Waals surface area contributed by atoms with E-state index in [9.17, 15) is 0 Å². The lowest BCUT2D eigenvalue weighted by atomic mass is 9.88. The predicted octanol–water partition coefficient (Wildman–Crippen LogP) is 3.67. The Bertz CT molecular complexity index is 735. The highest BCUT2D eigenvalue weighted by Crippen LogP contribution is 2.37. The molecule has 1 aromatic heterocycles. The van der Waals surface area contributed by atoms with Gasteiger partial charge in [0.25, 0.3) is 0 Å². The molecule has 1 N–H and O–H groups in total. The molecule has 22 heavy (non-hydrogen) atoms. The third-order valence-electron chi connectivity index (χ3n) is 4.88. The second-order valence-electron chi connectivity index (χ2n) is 6.40. The highest BCUT2D eigenvalue weighted by Gasteiger charge is 2.23. The van der Waals surface area contributed by atoms with Crippen molar-refractivity contribution in [3.8, 4) is 0 Å². The quantitative estimate of drug-likeness (QED) is 0.800. The zero-order valence-corrected chi connectivity index (χ0v) is 13.2. The van der Waals surface area contributed by atoms with Crippen molar-refractivity contribution < 1.29 is 0 Å². The van der Waals surface area contributed by atoms with E-state index in [-0.39, 0.29) is 0 Å². The van der Waals surface area contributed by atoms with E-state index < -0.39 is 0 Å². The van der Waals surface area contributed by atoms with Crippen molar-refractivity contribution in [1.29, 1.82) is 0 Å². The van der Waals surface area contributed by atoms with E-state index in [1.54, 1.807) is 5.57 Å². The Kier molecular flexibility index (Phi) is 3.55. The monoisotopic (exact) mass is 290 g/mol. The van der Waals surface area contributed by atoms with Crippen molar-refractivity contribution in [2.24, 2.45) is 0 Å². The van der Waals surface area contributed by atoms with Crippen LogP contribution in [0.15, 0.2) is 42.1 Å². The van der Waals surface area contributed by atoms with Gasteiger partial charge in [0.15, 0.2) is 0 Å². The van der Waals surface area contributed by atoms with Gasteiger partial charge in [-0.15, -0.1) is 0 Å². The maximum absolute atomic E-state index is 4.78. The molecule has 0 radical (unpaired) electrons. The second-order valence-corrected chi connectivity index (χ2v) is 6.40. The van der Waals surface area contributed by atoms with Gasteiger partial charge in [0.05, 0.1) is 5.69 Å². The normalized spacial score (nSPS) is 17.7. The smallest absolute Gasteiger partial charge is 0.0739 e.